The van der Waals surface area contributed by atoms with Crippen molar-refractivity contribution in [1.29, 1.82) is 0 Å². The van der Waals surface area contributed by atoms with Gasteiger partial charge in [-0.2, -0.15) is 0 Å². The number of aryl methyl sites for hydroxylation is 1. The fourth-order valence-electron chi connectivity index (χ4n) is 1.12. The number of carbonyl (C=O) groups is 1. The quantitative estimate of drug-likeness (QED) is 0.650. The lowest BCUT2D eigenvalue weighted by Crippen LogP contribution is -2.10. The Morgan fingerprint density at radius 3 is 3.13 bits per heavy atom. The molecular formula is C9H16N4O2. The van der Waals surface area contributed by atoms with E-state index in [1.165, 1.54) is 7.11 Å². The SMILES string of the molecule is CNCCc1cn(CCC(=O)OC)nn1. The molecule has 15 heavy (non-hydrogen) atoms. The lowest BCUT2D eigenvalue weighted by molar-refractivity contribution is -0.140. The molecule has 0 saturated carbocycles. The van der Waals surface area contributed by atoms with Gasteiger partial charge in [0, 0.05) is 19.2 Å². The molecule has 0 atom stereocenters. The number of rotatable bonds is 6. The number of aromatic nitrogens is 3. The van der Waals surface area contributed by atoms with Crippen molar-refractivity contribution in [2.45, 2.75) is 19.4 Å². The average molecular weight is 212 g/mol. The first-order valence-electron chi connectivity index (χ1n) is 4.86. The van der Waals surface area contributed by atoms with Crippen LogP contribution in [0.3, 0.4) is 0 Å². The minimum Gasteiger partial charge on any atom is -0.469 e. The van der Waals surface area contributed by atoms with Crippen molar-refractivity contribution >= 4 is 5.97 Å². The number of methoxy groups -OCH3 is 1. The van der Waals surface area contributed by atoms with Crippen LogP contribution < -0.4 is 5.32 Å². The maximum atomic E-state index is 10.9. The topological polar surface area (TPSA) is 69.0 Å². The third-order valence-electron chi connectivity index (χ3n) is 1.99. The van der Waals surface area contributed by atoms with E-state index in [0.29, 0.717) is 13.0 Å². The molecule has 0 bridgehead atoms. The van der Waals surface area contributed by atoms with Gasteiger partial charge in [-0.25, -0.2) is 0 Å². The molecule has 1 heterocycles. The highest BCUT2D eigenvalue weighted by Crippen LogP contribution is 1.96. The first-order chi connectivity index (χ1) is 7.26. The molecule has 1 N–H and O–H groups in total. The first kappa shape index (κ1) is 11.6. The fraction of sp³-hybridized carbons (Fsp3) is 0.667. The molecule has 1 rings (SSSR count). The Kier molecular flexibility index (Phi) is 4.76. The molecule has 6 heteroatoms. The van der Waals surface area contributed by atoms with E-state index in [1.54, 1.807) is 4.68 Å². The predicted molar refractivity (Wildman–Crippen MR) is 54.3 cm³/mol. The van der Waals surface area contributed by atoms with Gasteiger partial charge in [-0.15, -0.1) is 5.10 Å². The number of nitrogens with one attached hydrogen (secondary N) is 1. The average Bonchev–Trinajstić information content (AvgIpc) is 2.71. The zero-order chi connectivity index (χ0) is 11.1. The van der Waals surface area contributed by atoms with E-state index in [4.69, 9.17) is 0 Å². The standard InChI is InChI=1S/C9H16N4O2/c1-10-5-3-8-7-13(12-11-8)6-4-9(14)15-2/h7,10H,3-6H2,1-2H3. The lowest BCUT2D eigenvalue weighted by Gasteiger charge is -1.98. The smallest absolute Gasteiger partial charge is 0.307 e. The molecular weight excluding hydrogens is 196 g/mol. The summed E-state index contributed by atoms with van der Waals surface area (Å²) >= 11 is 0. The summed E-state index contributed by atoms with van der Waals surface area (Å²) in [5.41, 5.74) is 0.925. The van der Waals surface area contributed by atoms with E-state index >= 15 is 0 Å². The Morgan fingerprint density at radius 2 is 2.47 bits per heavy atom. The van der Waals surface area contributed by atoms with Crippen LogP contribution in [0.4, 0.5) is 0 Å². The number of nitrogens with zero attached hydrogens (tertiary/aromatic N) is 3. The van der Waals surface area contributed by atoms with Gasteiger partial charge in [0.25, 0.3) is 0 Å². The summed E-state index contributed by atoms with van der Waals surface area (Å²) in [6, 6.07) is 0. The third kappa shape index (κ3) is 4.07. The fourth-order valence-corrected chi connectivity index (χ4v) is 1.12. The highest BCUT2D eigenvalue weighted by Gasteiger charge is 2.03. The van der Waals surface area contributed by atoms with E-state index in [9.17, 15) is 4.79 Å². The van der Waals surface area contributed by atoms with E-state index in [2.05, 4.69) is 20.4 Å². The normalized spacial score (nSPS) is 10.3. The van der Waals surface area contributed by atoms with Crippen LogP contribution in [0.2, 0.25) is 0 Å². The largest absolute Gasteiger partial charge is 0.469 e. The van der Waals surface area contributed by atoms with Crippen LogP contribution in [-0.2, 0) is 22.5 Å². The van der Waals surface area contributed by atoms with Crippen LogP contribution in [-0.4, -0.2) is 41.7 Å². The second kappa shape index (κ2) is 6.13. The Morgan fingerprint density at radius 1 is 1.67 bits per heavy atom. The van der Waals surface area contributed by atoms with Crippen LogP contribution in [0, 0.1) is 0 Å². The van der Waals surface area contributed by atoms with Crippen LogP contribution in [0.1, 0.15) is 12.1 Å². The molecule has 0 spiro atoms. The minimum absolute atomic E-state index is 0.234. The minimum atomic E-state index is -0.234. The number of ether oxygens (including phenoxy) is 1. The van der Waals surface area contributed by atoms with Gasteiger partial charge < -0.3 is 10.1 Å². The van der Waals surface area contributed by atoms with Gasteiger partial charge in [-0.3, -0.25) is 9.48 Å². The zero-order valence-corrected chi connectivity index (χ0v) is 9.06. The molecule has 0 radical (unpaired) electrons. The van der Waals surface area contributed by atoms with Crippen LogP contribution in [0.5, 0.6) is 0 Å². The summed E-state index contributed by atoms with van der Waals surface area (Å²) in [6.45, 7) is 1.38. The van der Waals surface area contributed by atoms with E-state index in [0.717, 1.165) is 18.7 Å². The summed E-state index contributed by atoms with van der Waals surface area (Å²) in [7, 11) is 3.27. The monoisotopic (exact) mass is 212 g/mol. The van der Waals surface area contributed by atoms with E-state index < -0.39 is 0 Å². The van der Waals surface area contributed by atoms with Crippen molar-refractivity contribution in [3.05, 3.63) is 11.9 Å². The van der Waals surface area contributed by atoms with Gasteiger partial charge in [-0.1, -0.05) is 5.21 Å². The van der Waals surface area contributed by atoms with E-state index in [-0.39, 0.29) is 5.97 Å². The molecule has 6 nitrogen and oxygen atoms in total. The summed E-state index contributed by atoms with van der Waals surface area (Å²) in [5.74, 6) is -0.234. The molecule has 0 aliphatic carbocycles. The Labute approximate surface area is 88.6 Å². The van der Waals surface area contributed by atoms with Crippen molar-refractivity contribution in [3.63, 3.8) is 0 Å². The molecule has 0 aromatic carbocycles. The third-order valence-corrected chi connectivity index (χ3v) is 1.99. The molecule has 0 fully saturated rings. The molecule has 0 saturated heterocycles. The maximum absolute atomic E-state index is 10.9. The number of hydrogen-bond acceptors (Lipinski definition) is 5. The van der Waals surface area contributed by atoms with Crippen molar-refractivity contribution < 1.29 is 9.53 Å². The summed E-state index contributed by atoms with van der Waals surface area (Å²) in [4.78, 5) is 10.9. The molecule has 1 aromatic heterocycles. The van der Waals surface area contributed by atoms with Crippen LogP contribution >= 0.6 is 0 Å². The second-order valence-electron chi connectivity index (χ2n) is 3.15. The maximum Gasteiger partial charge on any atom is 0.307 e. The highest BCUT2D eigenvalue weighted by molar-refractivity contribution is 5.68. The van der Waals surface area contributed by atoms with Crippen LogP contribution in [0.25, 0.3) is 0 Å². The van der Waals surface area contributed by atoms with Crippen LogP contribution in [0.15, 0.2) is 6.20 Å². The van der Waals surface area contributed by atoms with Gasteiger partial charge in [0.1, 0.15) is 0 Å². The van der Waals surface area contributed by atoms with Gasteiger partial charge >= 0.3 is 5.97 Å². The Bertz CT molecular complexity index is 311. The number of esters is 1. The molecule has 1 aromatic rings. The lowest BCUT2D eigenvalue weighted by atomic mass is 10.3. The number of carbonyl (C=O) groups excluding carboxylic acids is 1. The van der Waals surface area contributed by atoms with Crippen molar-refractivity contribution in [2.75, 3.05) is 20.7 Å². The van der Waals surface area contributed by atoms with Gasteiger partial charge in [-0.05, 0) is 7.05 Å². The molecule has 0 unspecified atom stereocenters. The Hall–Kier alpha value is -1.43. The first-order valence-corrected chi connectivity index (χ1v) is 4.86. The molecule has 84 valence electrons. The zero-order valence-electron chi connectivity index (χ0n) is 9.06. The number of hydrogen-bond donors (Lipinski definition) is 1. The molecule has 0 aliphatic rings. The summed E-state index contributed by atoms with van der Waals surface area (Å²) < 4.78 is 6.19. The van der Waals surface area contributed by atoms with E-state index in [1.807, 2.05) is 13.2 Å². The number of likely N-dealkylation sites (N-methyl/N-ethyl adjacent to an activating group) is 1. The highest BCUT2D eigenvalue weighted by atomic mass is 16.5. The predicted octanol–water partition coefficient (Wildman–Crippen LogP) is -0.397. The van der Waals surface area contributed by atoms with Gasteiger partial charge in [0.05, 0.1) is 25.8 Å². The Balaban J connectivity index is 2.35. The van der Waals surface area contributed by atoms with Crippen molar-refractivity contribution in [1.82, 2.24) is 20.3 Å². The van der Waals surface area contributed by atoms with Gasteiger partial charge in [0.15, 0.2) is 0 Å². The summed E-state index contributed by atoms with van der Waals surface area (Å²) in [6.07, 6.45) is 3.01. The van der Waals surface area contributed by atoms with Crippen molar-refractivity contribution in [2.24, 2.45) is 0 Å². The van der Waals surface area contributed by atoms with Gasteiger partial charge in [0.2, 0.25) is 0 Å². The molecule has 0 amide bonds. The molecule has 0 aliphatic heterocycles. The van der Waals surface area contributed by atoms with Crippen molar-refractivity contribution in [3.8, 4) is 0 Å². The summed E-state index contributed by atoms with van der Waals surface area (Å²) in [5, 5.41) is 10.9. The second-order valence-corrected chi connectivity index (χ2v) is 3.15.